The van der Waals surface area contributed by atoms with Crippen molar-refractivity contribution in [2.75, 3.05) is 23.8 Å². The van der Waals surface area contributed by atoms with Gasteiger partial charge in [0.1, 0.15) is 19.0 Å². The SMILES string of the molecule is c1ccc2c(NC3CCCCC3)nc(Nc3ccc4c(c3)OCCO4)nc2c1. The standard InChI is InChI=1S/C22H24N4O2/c1-2-6-15(7-3-1)23-21-17-8-4-5-9-18(17)25-22(26-21)24-16-10-11-19-20(14-16)28-13-12-27-19/h4-5,8-11,14-15H,1-3,6-7,12-13H2,(H2,23,24,25,26). The number of fused-ring (bicyclic) bond motifs is 2. The normalized spacial score (nSPS) is 16.7. The average molecular weight is 376 g/mol. The van der Waals surface area contributed by atoms with E-state index in [-0.39, 0.29) is 0 Å². The first-order valence-electron chi connectivity index (χ1n) is 10.1. The summed E-state index contributed by atoms with van der Waals surface area (Å²) in [6, 6.07) is 14.4. The van der Waals surface area contributed by atoms with Crippen LogP contribution in [-0.4, -0.2) is 29.2 Å². The molecule has 1 fully saturated rings. The molecule has 5 rings (SSSR count). The predicted octanol–water partition coefficient (Wildman–Crippen LogP) is 4.89. The van der Waals surface area contributed by atoms with Crippen molar-refractivity contribution in [1.82, 2.24) is 9.97 Å². The van der Waals surface area contributed by atoms with Gasteiger partial charge in [-0.25, -0.2) is 4.98 Å². The Morgan fingerprint density at radius 2 is 1.68 bits per heavy atom. The highest BCUT2D eigenvalue weighted by Gasteiger charge is 2.17. The Hall–Kier alpha value is -3.02. The summed E-state index contributed by atoms with van der Waals surface area (Å²) in [5.74, 6) is 3.00. The summed E-state index contributed by atoms with van der Waals surface area (Å²) in [6.45, 7) is 1.15. The van der Waals surface area contributed by atoms with Gasteiger partial charge in [-0.3, -0.25) is 0 Å². The minimum Gasteiger partial charge on any atom is -0.486 e. The van der Waals surface area contributed by atoms with Gasteiger partial charge in [-0.2, -0.15) is 4.98 Å². The molecule has 2 aliphatic rings. The maximum Gasteiger partial charge on any atom is 0.229 e. The first kappa shape index (κ1) is 17.1. The van der Waals surface area contributed by atoms with Gasteiger partial charge in [0, 0.05) is 23.2 Å². The van der Waals surface area contributed by atoms with Gasteiger partial charge < -0.3 is 20.1 Å². The van der Waals surface area contributed by atoms with Crippen molar-refractivity contribution in [1.29, 1.82) is 0 Å². The molecule has 28 heavy (non-hydrogen) atoms. The lowest BCUT2D eigenvalue weighted by Gasteiger charge is -2.24. The van der Waals surface area contributed by atoms with Gasteiger partial charge in [-0.05, 0) is 37.1 Å². The molecule has 1 aliphatic heterocycles. The van der Waals surface area contributed by atoms with E-state index in [0.29, 0.717) is 25.2 Å². The number of hydrogen-bond donors (Lipinski definition) is 2. The van der Waals surface area contributed by atoms with Crippen LogP contribution >= 0.6 is 0 Å². The Morgan fingerprint density at radius 3 is 2.57 bits per heavy atom. The van der Waals surface area contributed by atoms with Crippen LogP contribution in [0, 0.1) is 0 Å². The Labute approximate surface area is 164 Å². The van der Waals surface area contributed by atoms with E-state index in [1.807, 2.05) is 36.4 Å². The molecule has 0 atom stereocenters. The van der Waals surface area contributed by atoms with Gasteiger partial charge in [-0.1, -0.05) is 31.4 Å². The fourth-order valence-corrected chi connectivity index (χ4v) is 3.93. The highest BCUT2D eigenvalue weighted by Crippen LogP contribution is 2.34. The van der Waals surface area contributed by atoms with E-state index in [9.17, 15) is 0 Å². The van der Waals surface area contributed by atoms with Crippen LogP contribution in [0.25, 0.3) is 10.9 Å². The molecule has 0 spiro atoms. The largest absolute Gasteiger partial charge is 0.486 e. The molecule has 1 aromatic heterocycles. The average Bonchev–Trinajstić information content (AvgIpc) is 2.74. The Balaban J connectivity index is 1.45. The summed E-state index contributed by atoms with van der Waals surface area (Å²) in [5, 5.41) is 8.05. The quantitative estimate of drug-likeness (QED) is 0.676. The van der Waals surface area contributed by atoms with Crippen molar-refractivity contribution in [2.45, 2.75) is 38.1 Å². The van der Waals surface area contributed by atoms with Gasteiger partial charge in [0.2, 0.25) is 5.95 Å². The number of aromatic nitrogens is 2. The minimum absolute atomic E-state index is 0.481. The molecule has 0 amide bonds. The third-order valence-corrected chi connectivity index (χ3v) is 5.35. The van der Waals surface area contributed by atoms with E-state index in [1.54, 1.807) is 0 Å². The number of nitrogens with zero attached hydrogens (tertiary/aromatic N) is 2. The summed E-state index contributed by atoms with van der Waals surface area (Å²) in [7, 11) is 0. The lowest BCUT2D eigenvalue weighted by molar-refractivity contribution is 0.171. The molecule has 0 unspecified atom stereocenters. The van der Waals surface area contributed by atoms with Crippen molar-refractivity contribution in [3.8, 4) is 11.5 Å². The number of hydrogen-bond acceptors (Lipinski definition) is 6. The molecule has 6 nitrogen and oxygen atoms in total. The van der Waals surface area contributed by atoms with E-state index < -0.39 is 0 Å². The number of ether oxygens (including phenoxy) is 2. The topological polar surface area (TPSA) is 68.3 Å². The predicted molar refractivity (Wildman–Crippen MR) is 111 cm³/mol. The molecule has 0 saturated heterocycles. The molecular formula is C22H24N4O2. The first-order valence-corrected chi connectivity index (χ1v) is 10.1. The minimum atomic E-state index is 0.481. The number of anilines is 3. The van der Waals surface area contributed by atoms with Crippen LogP contribution in [0.4, 0.5) is 17.5 Å². The summed E-state index contributed by atoms with van der Waals surface area (Å²) in [6.07, 6.45) is 6.29. The lowest BCUT2D eigenvalue weighted by Crippen LogP contribution is -2.23. The van der Waals surface area contributed by atoms with Crippen molar-refractivity contribution in [3.05, 3.63) is 42.5 Å². The third-order valence-electron chi connectivity index (χ3n) is 5.35. The highest BCUT2D eigenvalue weighted by atomic mass is 16.6. The molecule has 0 radical (unpaired) electrons. The molecule has 2 aromatic carbocycles. The van der Waals surface area contributed by atoms with Crippen LogP contribution in [0.1, 0.15) is 32.1 Å². The smallest absolute Gasteiger partial charge is 0.229 e. The highest BCUT2D eigenvalue weighted by molar-refractivity contribution is 5.90. The fraction of sp³-hybridized carbons (Fsp3) is 0.364. The van der Waals surface area contributed by atoms with E-state index in [2.05, 4.69) is 16.7 Å². The Morgan fingerprint density at radius 1 is 0.857 bits per heavy atom. The number of para-hydroxylation sites is 1. The molecule has 0 bridgehead atoms. The van der Waals surface area contributed by atoms with Crippen LogP contribution in [0.5, 0.6) is 11.5 Å². The van der Waals surface area contributed by atoms with Crippen LogP contribution < -0.4 is 20.1 Å². The maximum absolute atomic E-state index is 5.68. The zero-order valence-electron chi connectivity index (χ0n) is 15.8. The van der Waals surface area contributed by atoms with Gasteiger partial charge in [0.15, 0.2) is 11.5 Å². The number of nitrogens with one attached hydrogen (secondary N) is 2. The van der Waals surface area contributed by atoms with Crippen LogP contribution in [0.15, 0.2) is 42.5 Å². The summed E-state index contributed by atoms with van der Waals surface area (Å²) in [5.41, 5.74) is 1.80. The second kappa shape index (κ2) is 7.54. The summed E-state index contributed by atoms with van der Waals surface area (Å²) in [4.78, 5) is 9.50. The third kappa shape index (κ3) is 3.54. The van der Waals surface area contributed by atoms with Gasteiger partial charge in [0.25, 0.3) is 0 Å². The second-order valence-electron chi connectivity index (χ2n) is 7.38. The number of rotatable bonds is 4. The fourth-order valence-electron chi connectivity index (χ4n) is 3.93. The molecule has 1 aliphatic carbocycles. The Bertz CT molecular complexity index is 985. The van der Waals surface area contributed by atoms with Gasteiger partial charge >= 0.3 is 0 Å². The van der Waals surface area contributed by atoms with E-state index in [1.165, 1.54) is 32.1 Å². The second-order valence-corrected chi connectivity index (χ2v) is 7.38. The molecular weight excluding hydrogens is 352 g/mol. The van der Waals surface area contributed by atoms with Crippen LogP contribution in [0.3, 0.4) is 0 Å². The summed E-state index contributed by atoms with van der Waals surface area (Å²) >= 11 is 0. The van der Waals surface area contributed by atoms with Crippen molar-refractivity contribution in [3.63, 3.8) is 0 Å². The molecule has 2 heterocycles. The van der Waals surface area contributed by atoms with E-state index in [0.717, 1.165) is 33.9 Å². The first-order chi connectivity index (χ1) is 13.8. The van der Waals surface area contributed by atoms with Crippen LogP contribution in [0.2, 0.25) is 0 Å². The van der Waals surface area contributed by atoms with Gasteiger partial charge in [0.05, 0.1) is 5.52 Å². The molecule has 2 N–H and O–H groups in total. The zero-order chi connectivity index (χ0) is 18.8. The van der Waals surface area contributed by atoms with Crippen molar-refractivity contribution in [2.24, 2.45) is 0 Å². The summed E-state index contributed by atoms with van der Waals surface area (Å²) < 4.78 is 11.3. The zero-order valence-corrected chi connectivity index (χ0v) is 15.8. The molecule has 6 heteroatoms. The van der Waals surface area contributed by atoms with Crippen molar-refractivity contribution >= 4 is 28.4 Å². The lowest BCUT2D eigenvalue weighted by atomic mass is 9.95. The van der Waals surface area contributed by atoms with E-state index in [4.69, 9.17) is 19.4 Å². The van der Waals surface area contributed by atoms with Crippen LogP contribution in [-0.2, 0) is 0 Å². The number of benzene rings is 2. The molecule has 3 aromatic rings. The van der Waals surface area contributed by atoms with E-state index >= 15 is 0 Å². The molecule has 144 valence electrons. The Kier molecular flexibility index (Phi) is 4.61. The van der Waals surface area contributed by atoms with Crippen molar-refractivity contribution < 1.29 is 9.47 Å². The van der Waals surface area contributed by atoms with Gasteiger partial charge in [-0.15, -0.1) is 0 Å². The maximum atomic E-state index is 5.68. The monoisotopic (exact) mass is 376 g/mol. The molecule has 1 saturated carbocycles.